The molecule has 106 valence electrons. The maximum Gasteiger partial charge on any atom is 0.251 e. The summed E-state index contributed by atoms with van der Waals surface area (Å²) in [5.41, 5.74) is 1.52. The number of benzene rings is 1. The van der Waals surface area contributed by atoms with Crippen LogP contribution in [0.15, 0.2) is 43.0 Å². The molecule has 0 aliphatic carbocycles. The molecule has 2 aromatic rings. The number of imidazole rings is 1. The third-order valence-corrected chi connectivity index (χ3v) is 3.17. The molecule has 0 fully saturated rings. The number of nitrogens with zero attached hydrogens (tertiary/aromatic N) is 2. The van der Waals surface area contributed by atoms with Crippen LogP contribution >= 0.6 is 0 Å². The molecule has 20 heavy (non-hydrogen) atoms. The van der Waals surface area contributed by atoms with Crippen LogP contribution in [0.25, 0.3) is 5.69 Å². The summed E-state index contributed by atoms with van der Waals surface area (Å²) in [4.78, 5) is 15.9. The van der Waals surface area contributed by atoms with Crippen LogP contribution in [0.4, 0.5) is 0 Å². The first-order valence-corrected chi connectivity index (χ1v) is 6.62. The van der Waals surface area contributed by atoms with Crippen LogP contribution in [0, 0.1) is 5.92 Å². The molecule has 1 unspecified atom stereocenters. The van der Waals surface area contributed by atoms with Gasteiger partial charge in [0.1, 0.15) is 0 Å². The van der Waals surface area contributed by atoms with Crippen LogP contribution in [0.1, 0.15) is 24.2 Å². The predicted molar refractivity (Wildman–Crippen MR) is 76.7 cm³/mol. The van der Waals surface area contributed by atoms with Gasteiger partial charge < -0.3 is 15.0 Å². The third kappa shape index (κ3) is 3.45. The van der Waals surface area contributed by atoms with Crippen molar-refractivity contribution in [2.45, 2.75) is 20.0 Å². The van der Waals surface area contributed by atoms with E-state index in [-0.39, 0.29) is 18.4 Å². The summed E-state index contributed by atoms with van der Waals surface area (Å²) in [6.45, 7) is 4.09. The highest BCUT2D eigenvalue weighted by Crippen LogP contribution is 2.09. The minimum Gasteiger partial charge on any atom is -0.391 e. The zero-order chi connectivity index (χ0) is 14.5. The summed E-state index contributed by atoms with van der Waals surface area (Å²) in [7, 11) is 0. The Morgan fingerprint density at radius 3 is 2.60 bits per heavy atom. The molecule has 2 N–H and O–H groups in total. The second kappa shape index (κ2) is 6.34. The summed E-state index contributed by atoms with van der Waals surface area (Å²) in [5.74, 6) is -0.0548. The first-order valence-electron chi connectivity index (χ1n) is 6.62. The topological polar surface area (TPSA) is 67.2 Å². The zero-order valence-electron chi connectivity index (χ0n) is 11.7. The number of hydrogen-bond acceptors (Lipinski definition) is 3. The summed E-state index contributed by atoms with van der Waals surface area (Å²) in [6.07, 6.45) is 4.72. The lowest BCUT2D eigenvalue weighted by Gasteiger charge is -2.15. The Morgan fingerprint density at radius 2 is 2.05 bits per heavy atom. The summed E-state index contributed by atoms with van der Waals surface area (Å²) in [5, 5.41) is 12.4. The Labute approximate surface area is 118 Å². The van der Waals surface area contributed by atoms with E-state index in [9.17, 15) is 9.90 Å². The van der Waals surface area contributed by atoms with E-state index in [2.05, 4.69) is 10.3 Å². The van der Waals surface area contributed by atoms with Crippen molar-refractivity contribution in [1.82, 2.24) is 14.9 Å². The lowest BCUT2D eigenvalue weighted by molar-refractivity contribution is 0.0871. The van der Waals surface area contributed by atoms with Gasteiger partial charge in [-0.3, -0.25) is 4.79 Å². The highest BCUT2D eigenvalue weighted by molar-refractivity contribution is 5.94. The van der Waals surface area contributed by atoms with Gasteiger partial charge in [-0.15, -0.1) is 0 Å². The molecule has 5 nitrogen and oxygen atoms in total. The van der Waals surface area contributed by atoms with Crippen molar-refractivity contribution in [2.75, 3.05) is 6.54 Å². The summed E-state index contributed by atoms with van der Waals surface area (Å²) >= 11 is 0. The van der Waals surface area contributed by atoms with Crippen LogP contribution in [-0.4, -0.2) is 33.2 Å². The quantitative estimate of drug-likeness (QED) is 0.870. The number of aliphatic hydroxyl groups is 1. The maximum atomic E-state index is 11.9. The molecule has 1 aromatic heterocycles. The molecule has 1 amide bonds. The number of carbonyl (C=O) groups is 1. The van der Waals surface area contributed by atoms with E-state index in [0.717, 1.165) is 5.69 Å². The lowest BCUT2D eigenvalue weighted by atomic mass is 10.1. The SMILES string of the molecule is CC(C)C(O)CNC(=O)c1ccc(-n2ccnc2)cc1. The number of hydrogen-bond donors (Lipinski definition) is 2. The number of nitrogens with one attached hydrogen (secondary N) is 1. The first-order chi connectivity index (χ1) is 9.58. The van der Waals surface area contributed by atoms with Gasteiger partial charge in [-0.2, -0.15) is 0 Å². The standard InChI is InChI=1S/C15H19N3O2/c1-11(2)14(19)9-17-15(20)12-3-5-13(6-4-12)18-8-7-16-10-18/h3-8,10-11,14,19H,9H2,1-2H3,(H,17,20). The Balaban J connectivity index is 1.98. The molecule has 0 aliphatic heterocycles. The molecule has 0 radical (unpaired) electrons. The molecular weight excluding hydrogens is 254 g/mol. The number of rotatable bonds is 5. The summed E-state index contributed by atoms with van der Waals surface area (Å²) in [6, 6.07) is 7.23. The fraction of sp³-hybridized carbons (Fsp3) is 0.333. The first kappa shape index (κ1) is 14.3. The maximum absolute atomic E-state index is 11.9. The molecule has 0 saturated heterocycles. The van der Waals surface area contributed by atoms with E-state index in [4.69, 9.17) is 0 Å². The lowest BCUT2D eigenvalue weighted by Crippen LogP contribution is -2.34. The van der Waals surface area contributed by atoms with Crippen molar-refractivity contribution in [3.05, 3.63) is 48.5 Å². The van der Waals surface area contributed by atoms with Crippen LogP contribution in [0.2, 0.25) is 0 Å². The van der Waals surface area contributed by atoms with Gasteiger partial charge in [0.25, 0.3) is 5.91 Å². The minimum absolute atomic E-state index is 0.124. The molecular formula is C15H19N3O2. The Morgan fingerprint density at radius 1 is 1.35 bits per heavy atom. The van der Waals surface area contributed by atoms with Crippen LogP contribution in [0.5, 0.6) is 0 Å². The molecule has 1 atom stereocenters. The van der Waals surface area contributed by atoms with Gasteiger partial charge in [0.2, 0.25) is 0 Å². The number of amides is 1. The number of aromatic nitrogens is 2. The molecule has 0 aliphatic rings. The van der Waals surface area contributed by atoms with Crippen molar-refractivity contribution in [3.63, 3.8) is 0 Å². The van der Waals surface area contributed by atoms with Crippen molar-refractivity contribution in [3.8, 4) is 5.69 Å². The van der Waals surface area contributed by atoms with E-state index in [0.29, 0.717) is 5.56 Å². The molecule has 0 bridgehead atoms. The number of carbonyl (C=O) groups excluding carboxylic acids is 1. The molecule has 1 heterocycles. The average molecular weight is 273 g/mol. The highest BCUT2D eigenvalue weighted by atomic mass is 16.3. The second-order valence-electron chi connectivity index (χ2n) is 5.04. The van der Waals surface area contributed by atoms with Gasteiger partial charge >= 0.3 is 0 Å². The van der Waals surface area contributed by atoms with Crippen molar-refractivity contribution >= 4 is 5.91 Å². The summed E-state index contributed by atoms with van der Waals surface area (Å²) < 4.78 is 1.87. The van der Waals surface area contributed by atoms with E-state index < -0.39 is 6.10 Å². The third-order valence-electron chi connectivity index (χ3n) is 3.17. The Hall–Kier alpha value is -2.14. The largest absolute Gasteiger partial charge is 0.391 e. The van der Waals surface area contributed by atoms with E-state index >= 15 is 0 Å². The van der Waals surface area contributed by atoms with Crippen molar-refractivity contribution < 1.29 is 9.90 Å². The number of aliphatic hydroxyl groups excluding tert-OH is 1. The zero-order valence-corrected chi connectivity index (χ0v) is 11.7. The van der Waals surface area contributed by atoms with Gasteiger partial charge in [-0.1, -0.05) is 13.8 Å². The van der Waals surface area contributed by atoms with Crippen LogP contribution in [-0.2, 0) is 0 Å². The molecule has 1 aromatic carbocycles. The van der Waals surface area contributed by atoms with Crippen LogP contribution in [0.3, 0.4) is 0 Å². The Kier molecular flexibility index (Phi) is 4.53. The monoisotopic (exact) mass is 273 g/mol. The van der Waals surface area contributed by atoms with Crippen LogP contribution < -0.4 is 5.32 Å². The van der Waals surface area contributed by atoms with E-state index in [1.807, 2.05) is 36.7 Å². The average Bonchev–Trinajstić information content (AvgIpc) is 2.98. The van der Waals surface area contributed by atoms with Gasteiger partial charge in [0.15, 0.2) is 0 Å². The highest BCUT2D eigenvalue weighted by Gasteiger charge is 2.11. The van der Waals surface area contributed by atoms with Gasteiger partial charge in [0, 0.05) is 30.2 Å². The normalized spacial score (nSPS) is 12.4. The van der Waals surface area contributed by atoms with Crippen molar-refractivity contribution in [1.29, 1.82) is 0 Å². The van der Waals surface area contributed by atoms with Gasteiger partial charge in [-0.25, -0.2) is 4.98 Å². The van der Waals surface area contributed by atoms with Crippen molar-refractivity contribution in [2.24, 2.45) is 5.92 Å². The molecule has 2 rings (SSSR count). The van der Waals surface area contributed by atoms with Gasteiger partial charge in [-0.05, 0) is 30.2 Å². The van der Waals surface area contributed by atoms with E-state index in [1.165, 1.54) is 0 Å². The van der Waals surface area contributed by atoms with E-state index in [1.54, 1.807) is 24.7 Å². The predicted octanol–water partition coefficient (Wildman–Crippen LogP) is 1.62. The second-order valence-corrected chi connectivity index (χ2v) is 5.04. The van der Waals surface area contributed by atoms with Gasteiger partial charge in [0.05, 0.1) is 12.4 Å². The fourth-order valence-electron chi connectivity index (χ4n) is 1.73. The Bertz CT molecular complexity index is 547. The minimum atomic E-state index is -0.524. The fourth-order valence-corrected chi connectivity index (χ4v) is 1.73. The molecule has 0 spiro atoms. The molecule has 0 saturated carbocycles. The smallest absolute Gasteiger partial charge is 0.251 e. The molecule has 5 heteroatoms.